The van der Waals surface area contributed by atoms with Gasteiger partial charge in [0.25, 0.3) is 5.91 Å². The molecule has 3 rings (SSSR count). The number of carbonyl (C=O) groups excluding carboxylic acids is 1. The van der Waals surface area contributed by atoms with Crippen molar-refractivity contribution < 1.29 is 9.18 Å². The number of nitrogens with one attached hydrogen (secondary N) is 1. The quantitative estimate of drug-likeness (QED) is 0.651. The maximum absolute atomic E-state index is 13.9. The first-order chi connectivity index (χ1) is 12.3. The third-order valence-electron chi connectivity index (χ3n) is 3.94. The molecule has 2 heterocycles. The Labute approximate surface area is 163 Å². The van der Waals surface area contributed by atoms with Gasteiger partial charge < -0.3 is 5.32 Å². The summed E-state index contributed by atoms with van der Waals surface area (Å²) in [6.07, 6.45) is 4.98. The van der Waals surface area contributed by atoms with Crippen molar-refractivity contribution in [3.05, 3.63) is 63.7 Å². The summed E-state index contributed by atoms with van der Waals surface area (Å²) in [6, 6.07) is 6.16. The molecule has 0 radical (unpaired) electrons. The number of hydrogen-bond acceptors (Lipinski definition) is 3. The summed E-state index contributed by atoms with van der Waals surface area (Å²) in [7, 11) is 0. The molecule has 0 saturated heterocycles. The van der Waals surface area contributed by atoms with Crippen LogP contribution < -0.4 is 5.32 Å². The van der Waals surface area contributed by atoms with Crippen LogP contribution in [0, 0.1) is 5.82 Å². The van der Waals surface area contributed by atoms with E-state index in [4.69, 9.17) is 11.6 Å². The second kappa shape index (κ2) is 7.20. The van der Waals surface area contributed by atoms with Gasteiger partial charge in [-0.2, -0.15) is 10.2 Å². The summed E-state index contributed by atoms with van der Waals surface area (Å²) in [5.41, 5.74) is -0.568. The van der Waals surface area contributed by atoms with Gasteiger partial charge in [0.15, 0.2) is 5.82 Å². The molecule has 0 bridgehead atoms. The topological polar surface area (TPSA) is 64.7 Å². The molecule has 0 aliphatic heterocycles. The van der Waals surface area contributed by atoms with E-state index in [9.17, 15) is 9.18 Å². The summed E-state index contributed by atoms with van der Waals surface area (Å²) in [6.45, 7) is 3.66. The maximum Gasteiger partial charge on any atom is 0.252 e. The van der Waals surface area contributed by atoms with Crippen LogP contribution in [0.2, 0.25) is 5.02 Å². The normalized spacial score (nSPS) is 11.6. The van der Waals surface area contributed by atoms with Crippen molar-refractivity contribution in [2.24, 2.45) is 0 Å². The van der Waals surface area contributed by atoms with E-state index in [-0.39, 0.29) is 12.5 Å². The zero-order chi connectivity index (χ0) is 18.9. The van der Waals surface area contributed by atoms with Gasteiger partial charge in [0.05, 0.1) is 17.2 Å². The zero-order valence-corrected chi connectivity index (χ0v) is 16.4. The van der Waals surface area contributed by atoms with Gasteiger partial charge in [-0.1, -0.05) is 17.7 Å². The van der Waals surface area contributed by atoms with Crippen molar-refractivity contribution in [2.75, 3.05) is 5.32 Å². The molecule has 2 aromatic heterocycles. The Morgan fingerprint density at radius 1 is 1.38 bits per heavy atom. The lowest BCUT2D eigenvalue weighted by Crippen LogP contribution is -2.40. The van der Waals surface area contributed by atoms with Crippen molar-refractivity contribution >= 4 is 39.3 Å². The molecular weight excluding hydrogens is 425 g/mol. The molecule has 0 atom stereocenters. The Kier molecular flexibility index (Phi) is 5.15. The first-order valence-corrected chi connectivity index (χ1v) is 8.93. The van der Waals surface area contributed by atoms with E-state index >= 15 is 0 Å². The van der Waals surface area contributed by atoms with Crippen molar-refractivity contribution in [3.63, 3.8) is 0 Å². The molecule has 0 fully saturated rings. The number of hydrogen-bond donors (Lipinski definition) is 1. The van der Waals surface area contributed by atoms with Crippen molar-refractivity contribution in [1.29, 1.82) is 0 Å². The summed E-state index contributed by atoms with van der Waals surface area (Å²) in [4.78, 5) is 12.6. The van der Waals surface area contributed by atoms with Crippen LogP contribution in [0.15, 0.2) is 47.3 Å². The molecule has 136 valence electrons. The molecule has 0 unspecified atom stereocenters. The molecular formula is C17H16BrClFN5O. The summed E-state index contributed by atoms with van der Waals surface area (Å²) < 4.78 is 17.7. The van der Waals surface area contributed by atoms with E-state index in [0.717, 1.165) is 4.47 Å². The average Bonchev–Trinajstić information content (AvgIpc) is 3.20. The lowest BCUT2D eigenvalue weighted by molar-refractivity contribution is -0.123. The highest BCUT2D eigenvalue weighted by molar-refractivity contribution is 9.10. The lowest BCUT2D eigenvalue weighted by atomic mass is 10.1. The molecule has 6 nitrogen and oxygen atoms in total. The summed E-state index contributed by atoms with van der Waals surface area (Å²) >= 11 is 9.35. The Bertz CT molecular complexity index is 932. The third-order valence-corrected chi connectivity index (χ3v) is 4.71. The number of anilines is 1. The maximum atomic E-state index is 13.9. The Hall–Kier alpha value is -2.19. The van der Waals surface area contributed by atoms with Crippen LogP contribution in [0.5, 0.6) is 0 Å². The van der Waals surface area contributed by atoms with E-state index < -0.39 is 11.4 Å². The predicted octanol–water partition coefficient (Wildman–Crippen LogP) is 4.06. The Balaban J connectivity index is 1.73. The minimum atomic E-state index is -0.912. The third kappa shape index (κ3) is 3.81. The van der Waals surface area contributed by atoms with Crippen molar-refractivity contribution in [3.8, 4) is 0 Å². The van der Waals surface area contributed by atoms with Crippen LogP contribution in [0.4, 0.5) is 10.2 Å². The standard InChI is InChI=1S/C17H16BrClFN5O/c1-17(2,25-9-11(18)8-21-25)16(26)22-15-6-7-24(23-15)10-12-13(19)4-3-5-14(12)20/h3-9H,10H2,1-2H3,(H,22,23,26). The van der Waals surface area contributed by atoms with Crippen LogP contribution in [0.1, 0.15) is 19.4 Å². The van der Waals surface area contributed by atoms with Crippen molar-refractivity contribution in [1.82, 2.24) is 19.6 Å². The number of aromatic nitrogens is 4. The number of amides is 1. The second-order valence-corrected chi connectivity index (χ2v) is 7.54. The summed E-state index contributed by atoms with van der Waals surface area (Å²) in [5.74, 6) is -0.312. The van der Waals surface area contributed by atoms with E-state index in [1.165, 1.54) is 10.7 Å². The molecule has 0 aliphatic carbocycles. The van der Waals surface area contributed by atoms with E-state index in [2.05, 4.69) is 31.4 Å². The first-order valence-electron chi connectivity index (χ1n) is 7.76. The Morgan fingerprint density at radius 2 is 2.15 bits per heavy atom. The van der Waals surface area contributed by atoms with Gasteiger partial charge in [0, 0.05) is 29.0 Å². The number of benzene rings is 1. The monoisotopic (exact) mass is 439 g/mol. The SMILES string of the molecule is CC(C)(C(=O)Nc1ccn(Cc2c(F)cccc2Cl)n1)n1cc(Br)cn1. The number of carbonyl (C=O) groups is 1. The minimum Gasteiger partial charge on any atom is -0.307 e. The van der Waals surface area contributed by atoms with Crippen LogP contribution in [0.3, 0.4) is 0 Å². The second-order valence-electron chi connectivity index (χ2n) is 6.22. The molecule has 1 aromatic carbocycles. The van der Waals surface area contributed by atoms with Gasteiger partial charge in [-0.3, -0.25) is 14.2 Å². The highest BCUT2D eigenvalue weighted by Gasteiger charge is 2.31. The molecule has 3 aromatic rings. The molecule has 9 heteroatoms. The van der Waals surface area contributed by atoms with Crippen LogP contribution in [0.25, 0.3) is 0 Å². The van der Waals surface area contributed by atoms with Crippen molar-refractivity contribution in [2.45, 2.75) is 25.9 Å². The molecule has 0 saturated carbocycles. The fraction of sp³-hybridized carbons (Fsp3) is 0.235. The molecule has 26 heavy (non-hydrogen) atoms. The van der Waals surface area contributed by atoms with Gasteiger partial charge in [0.1, 0.15) is 11.4 Å². The van der Waals surface area contributed by atoms with E-state index in [0.29, 0.717) is 16.4 Å². The minimum absolute atomic E-state index is 0.164. The van der Waals surface area contributed by atoms with Crippen LogP contribution in [-0.4, -0.2) is 25.5 Å². The van der Waals surface area contributed by atoms with Gasteiger partial charge in [-0.25, -0.2) is 4.39 Å². The van der Waals surface area contributed by atoms with Crippen LogP contribution >= 0.6 is 27.5 Å². The highest BCUT2D eigenvalue weighted by atomic mass is 79.9. The number of nitrogens with zero attached hydrogens (tertiary/aromatic N) is 4. The fourth-order valence-electron chi connectivity index (χ4n) is 2.34. The molecule has 1 amide bonds. The predicted molar refractivity (Wildman–Crippen MR) is 101 cm³/mol. The lowest BCUT2D eigenvalue weighted by Gasteiger charge is -2.23. The number of rotatable bonds is 5. The Morgan fingerprint density at radius 3 is 2.81 bits per heavy atom. The van der Waals surface area contributed by atoms with E-state index in [1.54, 1.807) is 55.3 Å². The molecule has 0 aliphatic rings. The van der Waals surface area contributed by atoms with Gasteiger partial charge >= 0.3 is 0 Å². The largest absolute Gasteiger partial charge is 0.307 e. The number of halogens is 3. The van der Waals surface area contributed by atoms with Crippen LogP contribution in [-0.2, 0) is 16.9 Å². The van der Waals surface area contributed by atoms with Gasteiger partial charge in [-0.15, -0.1) is 0 Å². The average molecular weight is 441 g/mol. The highest BCUT2D eigenvalue weighted by Crippen LogP contribution is 2.22. The van der Waals surface area contributed by atoms with Gasteiger partial charge in [0.2, 0.25) is 0 Å². The fourth-order valence-corrected chi connectivity index (χ4v) is 2.85. The van der Waals surface area contributed by atoms with Gasteiger partial charge in [-0.05, 0) is 41.9 Å². The smallest absolute Gasteiger partial charge is 0.252 e. The zero-order valence-electron chi connectivity index (χ0n) is 14.1. The summed E-state index contributed by atoms with van der Waals surface area (Å²) in [5, 5.41) is 11.5. The first kappa shape index (κ1) is 18.6. The molecule has 0 spiro atoms. The molecule has 1 N–H and O–H groups in total. The van der Waals surface area contributed by atoms with E-state index in [1.807, 2.05) is 0 Å².